The Bertz CT molecular complexity index is 865. The molecule has 2 aromatic carbocycles. The second-order valence-electron chi connectivity index (χ2n) is 6.33. The summed E-state index contributed by atoms with van der Waals surface area (Å²) < 4.78 is 0. The van der Waals surface area contributed by atoms with E-state index in [9.17, 15) is 4.79 Å². The monoisotopic (exact) mass is 339 g/mol. The Morgan fingerprint density at radius 1 is 1.21 bits per heavy atom. The number of hydrogen-bond donors (Lipinski definition) is 2. The first-order valence-corrected chi connectivity index (χ1v) is 8.53. The van der Waals surface area contributed by atoms with Gasteiger partial charge in [0.1, 0.15) is 5.82 Å². The van der Waals surface area contributed by atoms with Gasteiger partial charge >= 0.3 is 0 Å². The fraction of sp³-hybridized carbons (Fsp3) is 0.263. The first-order chi connectivity index (χ1) is 11.7. The highest BCUT2D eigenvalue weighted by molar-refractivity contribution is 6.30. The van der Waals surface area contributed by atoms with Crippen molar-refractivity contribution < 1.29 is 4.79 Å². The average molecular weight is 340 g/mol. The van der Waals surface area contributed by atoms with Crippen molar-refractivity contribution in [1.29, 1.82) is 0 Å². The maximum absolute atomic E-state index is 12.9. The van der Waals surface area contributed by atoms with Crippen LogP contribution in [0.25, 0.3) is 11.0 Å². The molecule has 3 aromatic rings. The highest BCUT2D eigenvalue weighted by Crippen LogP contribution is 2.44. The van der Waals surface area contributed by atoms with E-state index in [-0.39, 0.29) is 5.91 Å². The fourth-order valence-corrected chi connectivity index (χ4v) is 3.58. The van der Waals surface area contributed by atoms with Crippen molar-refractivity contribution in [1.82, 2.24) is 15.3 Å². The number of hydrogen-bond acceptors (Lipinski definition) is 2. The van der Waals surface area contributed by atoms with Gasteiger partial charge in [0.05, 0.1) is 23.0 Å². The summed E-state index contributed by atoms with van der Waals surface area (Å²) in [6.07, 6.45) is 2.78. The first-order valence-electron chi connectivity index (χ1n) is 8.15. The van der Waals surface area contributed by atoms with Crippen LogP contribution in [0.4, 0.5) is 0 Å². The number of aromatic nitrogens is 2. The van der Waals surface area contributed by atoms with E-state index in [4.69, 9.17) is 11.6 Å². The van der Waals surface area contributed by atoms with Crippen LogP contribution in [0.2, 0.25) is 5.02 Å². The molecule has 4 rings (SSSR count). The lowest BCUT2D eigenvalue weighted by Crippen LogP contribution is -2.49. The predicted molar refractivity (Wildman–Crippen MR) is 94.9 cm³/mol. The molecule has 1 amide bonds. The number of amides is 1. The number of H-pyrrole nitrogens is 1. The highest BCUT2D eigenvalue weighted by Gasteiger charge is 2.45. The lowest BCUT2D eigenvalue weighted by Gasteiger charge is -2.40. The molecule has 24 heavy (non-hydrogen) atoms. The molecule has 2 N–H and O–H groups in total. The molecule has 1 aliphatic rings. The van der Waals surface area contributed by atoms with E-state index in [0.717, 1.165) is 41.7 Å². The number of rotatable bonds is 4. The van der Waals surface area contributed by atoms with E-state index in [1.165, 1.54) is 0 Å². The smallest absolute Gasteiger partial charge is 0.231 e. The van der Waals surface area contributed by atoms with Crippen LogP contribution in [0.3, 0.4) is 0 Å². The van der Waals surface area contributed by atoms with Crippen molar-refractivity contribution in [3.8, 4) is 0 Å². The van der Waals surface area contributed by atoms with Gasteiger partial charge in [0, 0.05) is 5.02 Å². The largest absolute Gasteiger partial charge is 0.348 e. The minimum absolute atomic E-state index is 0.0523. The van der Waals surface area contributed by atoms with E-state index < -0.39 is 5.41 Å². The zero-order valence-electron chi connectivity index (χ0n) is 13.2. The Morgan fingerprint density at radius 2 is 2.04 bits per heavy atom. The van der Waals surface area contributed by atoms with Crippen LogP contribution in [0.1, 0.15) is 30.7 Å². The Morgan fingerprint density at radius 3 is 2.75 bits per heavy atom. The minimum Gasteiger partial charge on any atom is -0.348 e. The molecule has 1 heterocycles. The maximum atomic E-state index is 12.9. The molecular formula is C19H18ClN3O. The van der Waals surface area contributed by atoms with Crippen LogP contribution in [-0.4, -0.2) is 15.9 Å². The predicted octanol–water partition coefficient (Wildman–Crippen LogP) is 3.95. The van der Waals surface area contributed by atoms with Gasteiger partial charge in [-0.15, -0.1) is 0 Å². The number of nitrogens with one attached hydrogen (secondary N) is 2. The van der Waals surface area contributed by atoms with Crippen molar-refractivity contribution in [2.24, 2.45) is 0 Å². The number of carbonyl (C=O) groups is 1. The van der Waals surface area contributed by atoms with Gasteiger partial charge in [-0.2, -0.15) is 0 Å². The topological polar surface area (TPSA) is 57.8 Å². The molecule has 0 saturated heterocycles. The number of para-hydroxylation sites is 2. The van der Waals surface area contributed by atoms with Gasteiger partial charge in [0.2, 0.25) is 5.91 Å². The molecule has 1 aliphatic carbocycles. The second-order valence-corrected chi connectivity index (χ2v) is 6.77. The summed E-state index contributed by atoms with van der Waals surface area (Å²) in [7, 11) is 0. The van der Waals surface area contributed by atoms with Crippen molar-refractivity contribution in [2.75, 3.05) is 0 Å². The molecule has 4 nitrogen and oxygen atoms in total. The van der Waals surface area contributed by atoms with Gasteiger partial charge in [-0.3, -0.25) is 4.79 Å². The molecule has 0 atom stereocenters. The minimum atomic E-state index is -0.448. The van der Waals surface area contributed by atoms with Gasteiger partial charge < -0.3 is 10.3 Å². The molecule has 0 radical (unpaired) electrons. The Kier molecular flexibility index (Phi) is 3.77. The molecule has 0 aliphatic heterocycles. The summed E-state index contributed by atoms with van der Waals surface area (Å²) in [6, 6.07) is 15.5. The number of aromatic amines is 1. The number of nitrogens with zero attached hydrogens (tertiary/aromatic N) is 1. The molecule has 1 aromatic heterocycles. The van der Waals surface area contributed by atoms with Gasteiger partial charge in [-0.1, -0.05) is 42.3 Å². The van der Waals surface area contributed by atoms with Crippen molar-refractivity contribution >= 4 is 28.5 Å². The van der Waals surface area contributed by atoms with E-state index in [1.54, 1.807) is 0 Å². The molecule has 1 saturated carbocycles. The molecule has 0 spiro atoms. The molecule has 1 fully saturated rings. The lowest BCUT2D eigenvalue weighted by atomic mass is 9.64. The number of fused-ring (bicyclic) bond motifs is 1. The van der Waals surface area contributed by atoms with Crippen LogP contribution in [-0.2, 0) is 16.8 Å². The third-order valence-corrected chi connectivity index (χ3v) is 5.11. The van der Waals surface area contributed by atoms with Crippen molar-refractivity contribution in [3.05, 3.63) is 64.9 Å². The maximum Gasteiger partial charge on any atom is 0.231 e. The van der Waals surface area contributed by atoms with Crippen LogP contribution < -0.4 is 5.32 Å². The zero-order valence-corrected chi connectivity index (χ0v) is 13.9. The van der Waals surface area contributed by atoms with Crippen molar-refractivity contribution in [3.63, 3.8) is 0 Å². The molecular weight excluding hydrogens is 322 g/mol. The normalized spacial score (nSPS) is 15.9. The summed E-state index contributed by atoms with van der Waals surface area (Å²) in [5.41, 5.74) is 2.45. The second kappa shape index (κ2) is 5.95. The zero-order chi connectivity index (χ0) is 16.6. The summed E-state index contributed by atoms with van der Waals surface area (Å²) in [6.45, 7) is 0.399. The van der Waals surface area contributed by atoms with Crippen molar-refractivity contribution in [2.45, 2.75) is 31.2 Å². The highest BCUT2D eigenvalue weighted by atomic mass is 35.5. The quantitative estimate of drug-likeness (QED) is 0.756. The average Bonchev–Trinajstić information content (AvgIpc) is 2.95. The van der Waals surface area contributed by atoms with E-state index in [1.807, 2.05) is 48.5 Å². The third-order valence-electron chi connectivity index (χ3n) is 4.87. The first kappa shape index (κ1) is 15.2. The van der Waals surface area contributed by atoms with E-state index >= 15 is 0 Å². The Labute approximate surface area is 145 Å². The molecule has 5 heteroatoms. The summed E-state index contributed by atoms with van der Waals surface area (Å²) in [5.74, 6) is 0.821. The third kappa shape index (κ3) is 2.57. The summed E-state index contributed by atoms with van der Waals surface area (Å²) in [5, 5.41) is 3.72. The van der Waals surface area contributed by atoms with Gasteiger partial charge in [-0.25, -0.2) is 4.98 Å². The number of carbonyl (C=O) groups excluding carboxylic acids is 1. The van der Waals surface area contributed by atoms with Crippen LogP contribution in [0, 0.1) is 0 Å². The molecule has 0 bridgehead atoms. The van der Waals surface area contributed by atoms with Crippen LogP contribution in [0.5, 0.6) is 0 Å². The van der Waals surface area contributed by atoms with E-state index in [2.05, 4.69) is 15.3 Å². The Hall–Kier alpha value is -2.33. The number of benzene rings is 2. The SMILES string of the molecule is O=C(NCc1nc2ccccc2[nH]1)C1(c2cccc(Cl)c2)CCC1. The fourth-order valence-electron chi connectivity index (χ4n) is 3.39. The molecule has 122 valence electrons. The summed E-state index contributed by atoms with van der Waals surface area (Å²) >= 11 is 6.11. The van der Waals surface area contributed by atoms with Crippen LogP contribution in [0.15, 0.2) is 48.5 Å². The standard InChI is InChI=1S/C19H18ClN3O/c20-14-6-3-5-13(11-14)19(9-4-10-19)18(24)21-12-17-22-15-7-1-2-8-16(15)23-17/h1-3,5-8,11H,4,9-10,12H2,(H,21,24)(H,22,23). The van der Waals surface area contributed by atoms with Gasteiger partial charge in [0.15, 0.2) is 0 Å². The van der Waals surface area contributed by atoms with E-state index in [0.29, 0.717) is 11.6 Å². The Balaban J connectivity index is 1.52. The van der Waals surface area contributed by atoms with Gasteiger partial charge in [0.25, 0.3) is 0 Å². The number of halogens is 1. The van der Waals surface area contributed by atoms with Gasteiger partial charge in [-0.05, 0) is 42.7 Å². The van der Waals surface area contributed by atoms with Crippen LogP contribution >= 0.6 is 11.6 Å². The molecule has 0 unspecified atom stereocenters. The summed E-state index contributed by atoms with van der Waals surface area (Å²) in [4.78, 5) is 20.6. The number of imidazole rings is 1. The lowest BCUT2D eigenvalue weighted by molar-refractivity contribution is -0.130.